The predicted molar refractivity (Wildman–Crippen MR) is 100 cm³/mol. The van der Waals surface area contributed by atoms with Gasteiger partial charge in [-0.2, -0.15) is 0 Å². The third-order valence-electron chi connectivity index (χ3n) is 4.24. The average Bonchev–Trinajstić information content (AvgIpc) is 2.53. The smallest absolute Gasteiger partial charge is 0.170 e. The Morgan fingerprint density at radius 3 is 2.33 bits per heavy atom. The lowest BCUT2D eigenvalue weighted by Crippen LogP contribution is -2.20. The summed E-state index contributed by atoms with van der Waals surface area (Å²) in [5, 5.41) is 0.952. The van der Waals surface area contributed by atoms with Gasteiger partial charge in [-0.1, -0.05) is 51.1 Å². The molecule has 1 heterocycles. The standard InChI is InChI=1S/C21H22N2O/c1-13-7-5-6-8-14(13)15-9-10-17(20(24)21(2,3)4)19-16(15)11-12-18(22)23-19/h5-12H,1-4H3,(H2,22,23). The van der Waals surface area contributed by atoms with Crippen molar-refractivity contribution in [2.75, 3.05) is 5.73 Å². The summed E-state index contributed by atoms with van der Waals surface area (Å²) >= 11 is 0. The number of aromatic nitrogens is 1. The SMILES string of the molecule is Cc1ccccc1-c1ccc(C(=O)C(C)(C)C)c2nc(N)ccc12. The van der Waals surface area contributed by atoms with Gasteiger partial charge in [0.1, 0.15) is 5.82 Å². The summed E-state index contributed by atoms with van der Waals surface area (Å²) in [6.45, 7) is 7.84. The Kier molecular flexibility index (Phi) is 3.88. The highest BCUT2D eigenvalue weighted by Crippen LogP contribution is 2.34. The molecular formula is C21H22N2O. The predicted octanol–water partition coefficient (Wildman–Crippen LogP) is 5.02. The Morgan fingerprint density at radius 1 is 0.958 bits per heavy atom. The van der Waals surface area contributed by atoms with Crippen molar-refractivity contribution >= 4 is 22.5 Å². The number of hydrogen-bond acceptors (Lipinski definition) is 3. The van der Waals surface area contributed by atoms with Crippen LogP contribution < -0.4 is 5.73 Å². The van der Waals surface area contributed by atoms with Crippen LogP contribution in [0.25, 0.3) is 22.0 Å². The minimum absolute atomic E-state index is 0.0712. The van der Waals surface area contributed by atoms with E-state index >= 15 is 0 Å². The van der Waals surface area contributed by atoms with Gasteiger partial charge >= 0.3 is 0 Å². The van der Waals surface area contributed by atoms with Crippen molar-refractivity contribution in [3.63, 3.8) is 0 Å². The molecule has 3 nitrogen and oxygen atoms in total. The molecule has 122 valence electrons. The Labute approximate surface area is 142 Å². The average molecular weight is 318 g/mol. The molecule has 3 aromatic rings. The van der Waals surface area contributed by atoms with Crippen molar-refractivity contribution in [3.8, 4) is 11.1 Å². The molecule has 0 fully saturated rings. The number of ketones is 1. The molecule has 0 amide bonds. The van der Waals surface area contributed by atoms with Crippen LogP contribution in [0.2, 0.25) is 0 Å². The second-order valence-electron chi connectivity index (χ2n) is 7.19. The molecular weight excluding hydrogens is 296 g/mol. The van der Waals surface area contributed by atoms with Gasteiger partial charge in [-0.25, -0.2) is 4.98 Å². The molecule has 0 aliphatic rings. The minimum atomic E-state index is -0.469. The lowest BCUT2D eigenvalue weighted by Gasteiger charge is -2.19. The Balaban J connectivity index is 2.34. The lowest BCUT2D eigenvalue weighted by atomic mass is 9.84. The van der Waals surface area contributed by atoms with Crippen LogP contribution in [0.3, 0.4) is 0 Å². The number of aryl methyl sites for hydroxylation is 1. The largest absolute Gasteiger partial charge is 0.384 e. The zero-order chi connectivity index (χ0) is 17.5. The summed E-state index contributed by atoms with van der Waals surface area (Å²) in [5.74, 6) is 0.495. The Hall–Kier alpha value is -2.68. The van der Waals surface area contributed by atoms with Gasteiger partial charge < -0.3 is 5.73 Å². The molecule has 24 heavy (non-hydrogen) atoms. The minimum Gasteiger partial charge on any atom is -0.384 e. The van der Waals surface area contributed by atoms with E-state index in [1.54, 1.807) is 6.07 Å². The Morgan fingerprint density at radius 2 is 1.67 bits per heavy atom. The van der Waals surface area contributed by atoms with Gasteiger partial charge in [-0.05, 0) is 41.8 Å². The monoisotopic (exact) mass is 318 g/mol. The van der Waals surface area contributed by atoms with Crippen molar-refractivity contribution in [2.45, 2.75) is 27.7 Å². The van der Waals surface area contributed by atoms with Crippen LogP contribution in [0.15, 0.2) is 48.5 Å². The number of pyridine rings is 1. The lowest BCUT2D eigenvalue weighted by molar-refractivity contribution is 0.0860. The van der Waals surface area contributed by atoms with Gasteiger partial charge in [0, 0.05) is 16.4 Å². The van der Waals surface area contributed by atoms with E-state index in [4.69, 9.17) is 5.73 Å². The number of nitrogens with two attached hydrogens (primary N) is 1. The summed E-state index contributed by atoms with van der Waals surface area (Å²) < 4.78 is 0. The first-order valence-corrected chi connectivity index (χ1v) is 8.09. The molecule has 0 aliphatic carbocycles. The molecule has 0 atom stereocenters. The maximum atomic E-state index is 12.8. The van der Waals surface area contributed by atoms with Crippen LogP contribution in [0.5, 0.6) is 0 Å². The van der Waals surface area contributed by atoms with Crippen LogP contribution in [-0.2, 0) is 0 Å². The number of Topliss-reactive ketones (excluding diaryl/α,β-unsaturated/α-hetero) is 1. The molecule has 0 aliphatic heterocycles. The molecule has 0 unspecified atom stereocenters. The summed E-state index contributed by atoms with van der Waals surface area (Å²) in [6, 6.07) is 15.9. The van der Waals surface area contributed by atoms with E-state index < -0.39 is 5.41 Å². The maximum absolute atomic E-state index is 12.8. The summed E-state index contributed by atoms with van der Waals surface area (Å²) in [5.41, 5.74) is 10.1. The number of nitrogens with zero attached hydrogens (tertiary/aromatic N) is 1. The molecule has 0 bridgehead atoms. The zero-order valence-electron chi connectivity index (χ0n) is 14.6. The fourth-order valence-electron chi connectivity index (χ4n) is 2.93. The summed E-state index contributed by atoms with van der Waals surface area (Å²) in [7, 11) is 0. The molecule has 3 rings (SSSR count). The number of fused-ring (bicyclic) bond motifs is 1. The van der Waals surface area contributed by atoms with Crippen molar-refractivity contribution in [1.82, 2.24) is 4.98 Å². The highest BCUT2D eigenvalue weighted by Gasteiger charge is 2.26. The normalized spacial score (nSPS) is 11.7. The number of rotatable bonds is 2. The highest BCUT2D eigenvalue weighted by molar-refractivity contribution is 6.12. The van der Waals surface area contributed by atoms with Gasteiger partial charge in [0.25, 0.3) is 0 Å². The van der Waals surface area contributed by atoms with Gasteiger partial charge in [0.2, 0.25) is 0 Å². The number of carbonyl (C=O) groups excluding carboxylic acids is 1. The number of benzene rings is 2. The van der Waals surface area contributed by atoms with Crippen LogP contribution >= 0.6 is 0 Å². The summed E-state index contributed by atoms with van der Waals surface area (Å²) in [4.78, 5) is 17.3. The highest BCUT2D eigenvalue weighted by atomic mass is 16.1. The van der Waals surface area contributed by atoms with E-state index in [0.29, 0.717) is 16.9 Å². The van der Waals surface area contributed by atoms with Crippen LogP contribution in [0.1, 0.15) is 36.7 Å². The van der Waals surface area contributed by atoms with Gasteiger partial charge in [-0.15, -0.1) is 0 Å². The van der Waals surface area contributed by atoms with E-state index in [9.17, 15) is 4.79 Å². The van der Waals surface area contributed by atoms with E-state index in [1.807, 2.05) is 51.1 Å². The van der Waals surface area contributed by atoms with Gasteiger partial charge in [-0.3, -0.25) is 4.79 Å². The molecule has 3 heteroatoms. The van der Waals surface area contributed by atoms with E-state index in [1.165, 1.54) is 5.56 Å². The van der Waals surface area contributed by atoms with Crippen LogP contribution in [0, 0.1) is 12.3 Å². The molecule has 0 radical (unpaired) electrons. The Bertz CT molecular complexity index is 936. The molecule has 1 aromatic heterocycles. The maximum Gasteiger partial charge on any atom is 0.170 e. The molecule has 0 saturated carbocycles. The summed E-state index contributed by atoms with van der Waals surface area (Å²) in [6.07, 6.45) is 0. The second-order valence-corrected chi connectivity index (χ2v) is 7.19. The first kappa shape index (κ1) is 16.2. The van der Waals surface area contributed by atoms with Crippen molar-refractivity contribution in [2.24, 2.45) is 5.41 Å². The third-order valence-corrected chi connectivity index (χ3v) is 4.24. The van der Waals surface area contributed by atoms with Crippen LogP contribution in [-0.4, -0.2) is 10.8 Å². The van der Waals surface area contributed by atoms with Crippen molar-refractivity contribution < 1.29 is 4.79 Å². The molecule has 2 aromatic carbocycles. The first-order chi connectivity index (χ1) is 11.3. The fourth-order valence-corrected chi connectivity index (χ4v) is 2.93. The van der Waals surface area contributed by atoms with E-state index in [-0.39, 0.29) is 5.78 Å². The van der Waals surface area contributed by atoms with Gasteiger partial charge in [0.05, 0.1) is 5.52 Å². The second kappa shape index (κ2) is 5.75. The first-order valence-electron chi connectivity index (χ1n) is 8.09. The van der Waals surface area contributed by atoms with Crippen LogP contribution in [0.4, 0.5) is 5.82 Å². The molecule has 2 N–H and O–H groups in total. The number of carbonyl (C=O) groups is 1. The van der Waals surface area contributed by atoms with Crippen molar-refractivity contribution in [1.29, 1.82) is 0 Å². The molecule has 0 saturated heterocycles. The van der Waals surface area contributed by atoms with E-state index in [2.05, 4.69) is 24.0 Å². The van der Waals surface area contributed by atoms with Crippen molar-refractivity contribution in [3.05, 3.63) is 59.7 Å². The van der Waals surface area contributed by atoms with E-state index in [0.717, 1.165) is 16.5 Å². The van der Waals surface area contributed by atoms with Gasteiger partial charge in [0.15, 0.2) is 5.78 Å². The third kappa shape index (κ3) is 2.78. The zero-order valence-corrected chi connectivity index (χ0v) is 14.6. The quantitative estimate of drug-likeness (QED) is 0.675. The number of hydrogen-bond donors (Lipinski definition) is 1. The number of nitrogen functional groups attached to an aromatic ring is 1. The fraction of sp³-hybridized carbons (Fsp3) is 0.238. The topological polar surface area (TPSA) is 56.0 Å². The number of anilines is 1. The molecule has 0 spiro atoms.